The molecule has 2 aromatic heterocycles. The van der Waals surface area contributed by atoms with Gasteiger partial charge >= 0.3 is 0 Å². The maximum absolute atomic E-state index is 6.31. The van der Waals surface area contributed by atoms with Crippen molar-refractivity contribution in [2.75, 3.05) is 25.5 Å². The first-order chi connectivity index (χ1) is 14.1. The van der Waals surface area contributed by atoms with Crippen molar-refractivity contribution in [3.05, 3.63) is 52.1 Å². The predicted molar refractivity (Wildman–Crippen MR) is 112 cm³/mol. The van der Waals surface area contributed by atoms with E-state index in [1.54, 1.807) is 24.4 Å². The Labute approximate surface area is 178 Å². The van der Waals surface area contributed by atoms with Gasteiger partial charge in [0, 0.05) is 31.4 Å². The molecule has 29 heavy (non-hydrogen) atoms. The molecular formula is C19H21Cl2N7O. The number of nitrogens with one attached hydrogen (secondary N) is 1. The fourth-order valence-electron chi connectivity index (χ4n) is 3.22. The van der Waals surface area contributed by atoms with Crippen LogP contribution in [0.15, 0.2) is 36.5 Å². The van der Waals surface area contributed by atoms with Crippen LogP contribution in [0.4, 0.5) is 5.95 Å². The molecule has 0 radical (unpaired) electrons. The van der Waals surface area contributed by atoms with Crippen LogP contribution in [0.5, 0.6) is 5.88 Å². The molecule has 0 atom stereocenters. The van der Waals surface area contributed by atoms with Crippen LogP contribution in [-0.2, 0) is 6.54 Å². The maximum Gasteiger partial charge on any atom is 0.248 e. The molecule has 10 heteroatoms. The van der Waals surface area contributed by atoms with E-state index in [2.05, 4.69) is 37.8 Å². The molecule has 0 aliphatic carbocycles. The van der Waals surface area contributed by atoms with Crippen molar-refractivity contribution in [3.63, 3.8) is 0 Å². The van der Waals surface area contributed by atoms with E-state index in [1.807, 2.05) is 12.1 Å². The second kappa shape index (κ2) is 8.94. The van der Waals surface area contributed by atoms with E-state index in [1.165, 1.54) is 4.68 Å². The zero-order chi connectivity index (χ0) is 20.2. The number of hydrogen-bond acceptors (Lipinski definition) is 7. The molecule has 1 aliphatic rings. The van der Waals surface area contributed by atoms with Crippen molar-refractivity contribution >= 4 is 29.2 Å². The van der Waals surface area contributed by atoms with Crippen LogP contribution < -0.4 is 10.1 Å². The van der Waals surface area contributed by atoms with Gasteiger partial charge in [0.05, 0.1) is 15.7 Å². The number of halogens is 2. The van der Waals surface area contributed by atoms with Gasteiger partial charge in [-0.3, -0.25) is 0 Å². The maximum atomic E-state index is 6.31. The molecule has 1 aliphatic heterocycles. The lowest BCUT2D eigenvalue weighted by molar-refractivity contribution is 0.109. The second-order valence-corrected chi connectivity index (χ2v) is 7.71. The largest absolute Gasteiger partial charge is 0.474 e. The Balaban J connectivity index is 1.48. The van der Waals surface area contributed by atoms with Gasteiger partial charge in [-0.1, -0.05) is 40.4 Å². The Morgan fingerprint density at radius 2 is 2.00 bits per heavy atom. The summed E-state index contributed by atoms with van der Waals surface area (Å²) in [5, 5.41) is 15.9. The zero-order valence-corrected chi connectivity index (χ0v) is 17.4. The first-order valence-corrected chi connectivity index (χ1v) is 10.1. The van der Waals surface area contributed by atoms with Crippen molar-refractivity contribution in [3.8, 4) is 11.6 Å². The summed E-state index contributed by atoms with van der Waals surface area (Å²) in [7, 11) is 2.13. The number of anilines is 1. The van der Waals surface area contributed by atoms with Gasteiger partial charge in [-0.15, -0.1) is 0 Å². The monoisotopic (exact) mass is 433 g/mol. The van der Waals surface area contributed by atoms with E-state index >= 15 is 0 Å². The quantitative estimate of drug-likeness (QED) is 0.637. The summed E-state index contributed by atoms with van der Waals surface area (Å²) < 4.78 is 7.70. The highest BCUT2D eigenvalue weighted by Gasteiger charge is 2.20. The van der Waals surface area contributed by atoms with Crippen LogP contribution in [-0.4, -0.2) is 56.3 Å². The number of benzene rings is 1. The third-order valence-corrected chi connectivity index (χ3v) is 5.67. The number of pyridine rings is 1. The normalized spacial score (nSPS) is 15.4. The van der Waals surface area contributed by atoms with Gasteiger partial charge in [0.1, 0.15) is 6.10 Å². The summed E-state index contributed by atoms with van der Waals surface area (Å²) in [4.78, 5) is 6.73. The third-order valence-electron chi connectivity index (χ3n) is 4.86. The molecule has 4 rings (SSSR count). The number of piperidine rings is 1. The van der Waals surface area contributed by atoms with Crippen LogP contribution in [0, 0.1) is 0 Å². The number of hydrogen-bond donors (Lipinski definition) is 1. The molecule has 0 saturated carbocycles. The Bertz CT molecular complexity index is 973. The topological polar surface area (TPSA) is 81.0 Å². The van der Waals surface area contributed by atoms with E-state index < -0.39 is 0 Å². The summed E-state index contributed by atoms with van der Waals surface area (Å²) in [5.74, 6) is 1.08. The van der Waals surface area contributed by atoms with E-state index in [0.29, 0.717) is 34.1 Å². The summed E-state index contributed by atoms with van der Waals surface area (Å²) in [6.45, 7) is 2.51. The van der Waals surface area contributed by atoms with Gasteiger partial charge in [-0.25, -0.2) is 4.98 Å². The number of tetrazole rings is 1. The number of ether oxygens (including phenoxy) is 1. The molecule has 3 aromatic rings. The molecule has 1 fully saturated rings. The van der Waals surface area contributed by atoms with Gasteiger partial charge in [-0.05, 0) is 48.5 Å². The van der Waals surface area contributed by atoms with Crippen molar-refractivity contribution in [2.45, 2.75) is 25.5 Å². The lowest BCUT2D eigenvalue weighted by atomic mass is 10.1. The number of nitrogens with zero attached hydrogens (tertiary/aromatic N) is 6. The molecule has 0 spiro atoms. The van der Waals surface area contributed by atoms with Crippen LogP contribution in [0.1, 0.15) is 18.4 Å². The van der Waals surface area contributed by atoms with Crippen molar-refractivity contribution < 1.29 is 4.74 Å². The third kappa shape index (κ3) is 4.60. The average Bonchev–Trinajstić information content (AvgIpc) is 3.19. The second-order valence-electron chi connectivity index (χ2n) is 6.93. The molecule has 1 saturated heterocycles. The summed E-state index contributed by atoms with van der Waals surface area (Å²) in [5.41, 5.74) is 1.53. The van der Waals surface area contributed by atoms with Crippen molar-refractivity contribution in [2.24, 2.45) is 0 Å². The van der Waals surface area contributed by atoms with Gasteiger partial charge in [0.25, 0.3) is 0 Å². The van der Waals surface area contributed by atoms with Crippen LogP contribution in [0.2, 0.25) is 10.0 Å². The van der Waals surface area contributed by atoms with E-state index in [9.17, 15) is 0 Å². The fourth-order valence-corrected chi connectivity index (χ4v) is 3.59. The van der Waals surface area contributed by atoms with Gasteiger partial charge in [0.15, 0.2) is 0 Å². The predicted octanol–water partition coefficient (Wildman–Crippen LogP) is 3.45. The molecule has 8 nitrogen and oxygen atoms in total. The molecule has 152 valence electrons. The molecule has 0 amide bonds. The minimum atomic E-state index is 0.176. The zero-order valence-electron chi connectivity index (χ0n) is 15.9. The molecule has 3 heterocycles. The number of aromatic nitrogens is 5. The van der Waals surface area contributed by atoms with Crippen molar-refractivity contribution in [1.29, 1.82) is 0 Å². The molecule has 1 aromatic carbocycles. The minimum absolute atomic E-state index is 0.176. The number of likely N-dealkylation sites (tertiary alicyclic amines) is 1. The summed E-state index contributed by atoms with van der Waals surface area (Å²) in [6, 6.07) is 9.17. The highest BCUT2D eigenvalue weighted by Crippen LogP contribution is 2.29. The average molecular weight is 434 g/mol. The molecule has 0 unspecified atom stereocenters. The lowest BCUT2D eigenvalue weighted by Crippen LogP contribution is -2.36. The van der Waals surface area contributed by atoms with E-state index in [0.717, 1.165) is 31.5 Å². The van der Waals surface area contributed by atoms with Crippen LogP contribution in [0.3, 0.4) is 0 Å². The minimum Gasteiger partial charge on any atom is -0.474 e. The summed E-state index contributed by atoms with van der Waals surface area (Å²) >= 11 is 12.4. The SMILES string of the molecule is CN1CCC(Oc2ncccc2CNc2nnnn2-c2cccc(Cl)c2Cl)CC1. The number of rotatable bonds is 6. The van der Waals surface area contributed by atoms with Crippen LogP contribution in [0.25, 0.3) is 5.69 Å². The van der Waals surface area contributed by atoms with E-state index in [-0.39, 0.29) is 6.10 Å². The molecule has 1 N–H and O–H groups in total. The first kappa shape index (κ1) is 19.9. The first-order valence-electron chi connectivity index (χ1n) is 9.37. The smallest absolute Gasteiger partial charge is 0.248 e. The fraction of sp³-hybridized carbons (Fsp3) is 0.368. The molecule has 0 bridgehead atoms. The van der Waals surface area contributed by atoms with Crippen LogP contribution >= 0.6 is 23.2 Å². The standard InChI is InChI=1S/C19H21Cl2N7O/c1-27-10-7-14(8-11-27)29-18-13(4-3-9-22-18)12-23-19-24-25-26-28(19)16-6-2-5-15(20)17(16)21/h2-6,9,14H,7-8,10-12H2,1H3,(H,23,24,26). The Morgan fingerprint density at radius 1 is 1.17 bits per heavy atom. The van der Waals surface area contributed by atoms with E-state index in [4.69, 9.17) is 27.9 Å². The Morgan fingerprint density at radius 3 is 2.83 bits per heavy atom. The van der Waals surface area contributed by atoms with Gasteiger partial charge in [0.2, 0.25) is 11.8 Å². The lowest BCUT2D eigenvalue weighted by Gasteiger charge is -2.29. The Hall–Kier alpha value is -2.42. The summed E-state index contributed by atoms with van der Waals surface area (Å²) in [6.07, 6.45) is 3.90. The van der Waals surface area contributed by atoms with Crippen molar-refractivity contribution in [1.82, 2.24) is 30.1 Å². The highest BCUT2D eigenvalue weighted by atomic mass is 35.5. The Kier molecular flexibility index (Phi) is 6.13. The molecular weight excluding hydrogens is 413 g/mol. The van der Waals surface area contributed by atoms with Gasteiger partial charge in [-0.2, -0.15) is 4.68 Å². The van der Waals surface area contributed by atoms with Gasteiger partial charge < -0.3 is 15.0 Å². The highest BCUT2D eigenvalue weighted by molar-refractivity contribution is 6.43.